The molecule has 1 aromatic heterocycles. The van der Waals surface area contributed by atoms with E-state index in [-0.39, 0.29) is 18.7 Å². The number of aromatic nitrogens is 2. The number of benzene rings is 2. The normalized spacial score (nSPS) is 13.4. The number of rotatable bonds is 6. The smallest absolute Gasteiger partial charge is 0.249 e. The summed E-state index contributed by atoms with van der Waals surface area (Å²) in [6.45, 7) is 2.03. The molecule has 1 aliphatic rings. The summed E-state index contributed by atoms with van der Waals surface area (Å²) in [7, 11) is 0. The summed E-state index contributed by atoms with van der Waals surface area (Å²) in [5.41, 5.74) is 1.89. The predicted octanol–water partition coefficient (Wildman–Crippen LogP) is 3.28. The first-order chi connectivity index (χ1) is 13.2. The Balaban J connectivity index is 1.37. The fraction of sp³-hybridized carbons (Fsp3) is 0.250. The predicted molar refractivity (Wildman–Crippen MR) is 97.2 cm³/mol. The molecule has 1 N–H and O–H groups in total. The molecule has 2 heterocycles. The Labute approximate surface area is 156 Å². The first kappa shape index (κ1) is 17.1. The Morgan fingerprint density at radius 3 is 2.81 bits per heavy atom. The SMILES string of the molecule is CC(NC(=O)CCc1ccccc1)c1nc(-c2ccc3c(c2)OCO3)no1. The Morgan fingerprint density at radius 2 is 1.96 bits per heavy atom. The number of carbonyl (C=O) groups excluding carboxylic acids is 1. The van der Waals surface area contributed by atoms with Crippen molar-refractivity contribution in [1.82, 2.24) is 15.5 Å². The van der Waals surface area contributed by atoms with Crippen molar-refractivity contribution in [2.24, 2.45) is 0 Å². The lowest BCUT2D eigenvalue weighted by Gasteiger charge is -2.09. The monoisotopic (exact) mass is 365 g/mol. The highest BCUT2D eigenvalue weighted by Crippen LogP contribution is 2.35. The van der Waals surface area contributed by atoms with Gasteiger partial charge >= 0.3 is 0 Å². The number of aryl methyl sites for hydroxylation is 1. The van der Waals surface area contributed by atoms with Crippen LogP contribution in [0.3, 0.4) is 0 Å². The third kappa shape index (κ3) is 3.92. The first-order valence-electron chi connectivity index (χ1n) is 8.76. The van der Waals surface area contributed by atoms with Gasteiger partial charge in [-0.25, -0.2) is 0 Å². The summed E-state index contributed by atoms with van der Waals surface area (Å²) >= 11 is 0. The van der Waals surface area contributed by atoms with E-state index in [0.717, 1.165) is 11.1 Å². The van der Waals surface area contributed by atoms with Crippen molar-refractivity contribution < 1.29 is 18.8 Å². The molecule has 0 fully saturated rings. The highest BCUT2D eigenvalue weighted by molar-refractivity contribution is 5.76. The molecule has 0 bridgehead atoms. The Bertz CT molecular complexity index is 939. The molecular weight excluding hydrogens is 346 g/mol. The molecule has 7 heteroatoms. The van der Waals surface area contributed by atoms with E-state index in [4.69, 9.17) is 14.0 Å². The number of ether oxygens (including phenoxy) is 2. The van der Waals surface area contributed by atoms with Crippen LogP contribution in [0, 0.1) is 0 Å². The molecule has 1 aliphatic heterocycles. The van der Waals surface area contributed by atoms with Crippen LogP contribution < -0.4 is 14.8 Å². The number of nitrogens with one attached hydrogen (secondary N) is 1. The van der Waals surface area contributed by atoms with E-state index in [2.05, 4.69) is 15.5 Å². The molecule has 3 aromatic rings. The zero-order valence-electron chi connectivity index (χ0n) is 14.8. The number of fused-ring (bicyclic) bond motifs is 1. The summed E-state index contributed by atoms with van der Waals surface area (Å²) in [6.07, 6.45) is 1.09. The summed E-state index contributed by atoms with van der Waals surface area (Å²) in [5, 5.41) is 6.89. The van der Waals surface area contributed by atoms with Crippen molar-refractivity contribution in [2.45, 2.75) is 25.8 Å². The lowest BCUT2D eigenvalue weighted by atomic mass is 10.1. The Hall–Kier alpha value is -3.35. The lowest BCUT2D eigenvalue weighted by Crippen LogP contribution is -2.27. The van der Waals surface area contributed by atoms with Gasteiger partial charge in [0.1, 0.15) is 6.04 Å². The van der Waals surface area contributed by atoms with Crippen molar-refractivity contribution in [3.63, 3.8) is 0 Å². The van der Waals surface area contributed by atoms with Gasteiger partial charge in [-0.2, -0.15) is 4.98 Å². The largest absolute Gasteiger partial charge is 0.454 e. The Kier molecular flexibility index (Phi) is 4.74. The van der Waals surface area contributed by atoms with Crippen molar-refractivity contribution in [2.75, 3.05) is 6.79 Å². The second-order valence-electron chi connectivity index (χ2n) is 6.30. The molecule has 0 spiro atoms. The average Bonchev–Trinajstić information content (AvgIpc) is 3.36. The van der Waals surface area contributed by atoms with Crippen LogP contribution in [0.4, 0.5) is 0 Å². The van der Waals surface area contributed by atoms with E-state index in [9.17, 15) is 4.79 Å². The van der Waals surface area contributed by atoms with E-state index in [1.807, 2.05) is 49.4 Å². The maximum absolute atomic E-state index is 12.2. The number of carbonyl (C=O) groups is 1. The molecule has 1 unspecified atom stereocenters. The molecule has 2 aromatic carbocycles. The van der Waals surface area contributed by atoms with E-state index in [1.54, 1.807) is 6.07 Å². The third-order valence-electron chi connectivity index (χ3n) is 4.30. The second-order valence-corrected chi connectivity index (χ2v) is 6.30. The van der Waals surface area contributed by atoms with Gasteiger partial charge in [-0.15, -0.1) is 0 Å². The van der Waals surface area contributed by atoms with Crippen LogP contribution in [0.1, 0.15) is 30.8 Å². The zero-order valence-corrected chi connectivity index (χ0v) is 14.8. The number of hydrogen-bond donors (Lipinski definition) is 1. The van der Waals surface area contributed by atoms with Gasteiger partial charge in [0.25, 0.3) is 0 Å². The molecule has 0 radical (unpaired) electrons. The van der Waals surface area contributed by atoms with E-state index in [1.165, 1.54) is 0 Å². The van der Waals surface area contributed by atoms with Crippen LogP contribution in [-0.2, 0) is 11.2 Å². The molecule has 0 saturated heterocycles. The summed E-state index contributed by atoms with van der Waals surface area (Å²) in [5.74, 6) is 2.08. The fourth-order valence-electron chi connectivity index (χ4n) is 2.84. The van der Waals surface area contributed by atoms with E-state index >= 15 is 0 Å². The van der Waals surface area contributed by atoms with Gasteiger partial charge in [-0.1, -0.05) is 35.5 Å². The fourth-order valence-corrected chi connectivity index (χ4v) is 2.84. The zero-order chi connectivity index (χ0) is 18.6. The first-order valence-corrected chi connectivity index (χ1v) is 8.76. The van der Waals surface area contributed by atoms with Gasteiger partial charge in [0.2, 0.25) is 24.4 Å². The lowest BCUT2D eigenvalue weighted by molar-refractivity contribution is -0.121. The summed E-state index contributed by atoms with van der Waals surface area (Å²) in [4.78, 5) is 16.6. The minimum Gasteiger partial charge on any atom is -0.454 e. The van der Waals surface area contributed by atoms with Crippen molar-refractivity contribution >= 4 is 5.91 Å². The standard InChI is InChI=1S/C20H19N3O4/c1-13(21-18(24)10-7-14-5-3-2-4-6-14)20-22-19(23-27-20)15-8-9-16-17(11-15)26-12-25-16/h2-6,8-9,11,13H,7,10,12H2,1H3,(H,21,24). The average molecular weight is 365 g/mol. The molecule has 1 atom stereocenters. The molecule has 0 saturated carbocycles. The molecule has 0 aliphatic carbocycles. The number of hydrogen-bond acceptors (Lipinski definition) is 6. The van der Waals surface area contributed by atoms with Gasteiger partial charge in [-0.05, 0) is 37.1 Å². The van der Waals surface area contributed by atoms with Crippen LogP contribution in [0.25, 0.3) is 11.4 Å². The second kappa shape index (κ2) is 7.49. The van der Waals surface area contributed by atoms with Crippen molar-refractivity contribution in [3.8, 4) is 22.9 Å². The van der Waals surface area contributed by atoms with Gasteiger partial charge in [0, 0.05) is 12.0 Å². The van der Waals surface area contributed by atoms with Gasteiger partial charge in [0.05, 0.1) is 0 Å². The highest BCUT2D eigenvalue weighted by Gasteiger charge is 2.19. The van der Waals surface area contributed by atoms with Gasteiger partial charge in [-0.3, -0.25) is 4.79 Å². The van der Waals surface area contributed by atoms with Crippen LogP contribution in [0.2, 0.25) is 0 Å². The summed E-state index contributed by atoms with van der Waals surface area (Å²) < 4.78 is 16.0. The maximum atomic E-state index is 12.2. The minimum absolute atomic E-state index is 0.0609. The topological polar surface area (TPSA) is 86.5 Å². The van der Waals surface area contributed by atoms with Crippen LogP contribution in [0.5, 0.6) is 11.5 Å². The minimum atomic E-state index is -0.372. The van der Waals surface area contributed by atoms with E-state index in [0.29, 0.717) is 36.1 Å². The Morgan fingerprint density at radius 1 is 1.15 bits per heavy atom. The highest BCUT2D eigenvalue weighted by atomic mass is 16.7. The molecule has 7 nitrogen and oxygen atoms in total. The van der Waals surface area contributed by atoms with Crippen molar-refractivity contribution in [1.29, 1.82) is 0 Å². The molecule has 1 amide bonds. The van der Waals surface area contributed by atoms with Crippen molar-refractivity contribution in [3.05, 3.63) is 60.0 Å². The summed E-state index contributed by atoms with van der Waals surface area (Å²) in [6, 6.07) is 15.0. The molecule has 138 valence electrons. The van der Waals surface area contributed by atoms with Crippen LogP contribution in [0.15, 0.2) is 53.1 Å². The third-order valence-corrected chi connectivity index (χ3v) is 4.30. The number of nitrogens with zero attached hydrogens (tertiary/aromatic N) is 2. The van der Waals surface area contributed by atoms with E-state index < -0.39 is 0 Å². The number of amides is 1. The quantitative estimate of drug-likeness (QED) is 0.721. The van der Waals surface area contributed by atoms with Gasteiger partial charge < -0.3 is 19.3 Å². The molecule has 27 heavy (non-hydrogen) atoms. The molecule has 4 rings (SSSR count). The maximum Gasteiger partial charge on any atom is 0.249 e. The van der Waals surface area contributed by atoms with Crippen LogP contribution >= 0.6 is 0 Å². The van der Waals surface area contributed by atoms with Gasteiger partial charge in [0.15, 0.2) is 11.5 Å². The van der Waals surface area contributed by atoms with Crippen LogP contribution in [-0.4, -0.2) is 22.8 Å². The molecular formula is C20H19N3O4.